The topological polar surface area (TPSA) is 103 Å². The molecule has 162 valence electrons. The van der Waals surface area contributed by atoms with Crippen molar-refractivity contribution >= 4 is 40.1 Å². The number of fused-ring (bicyclic) bond motifs is 1. The van der Waals surface area contributed by atoms with Gasteiger partial charge in [-0.15, -0.1) is 0 Å². The molecule has 0 aliphatic carbocycles. The van der Waals surface area contributed by atoms with E-state index in [1.807, 2.05) is 18.2 Å². The predicted octanol–water partition coefficient (Wildman–Crippen LogP) is 4.01. The summed E-state index contributed by atoms with van der Waals surface area (Å²) >= 11 is 6.17. The number of halogens is 1. The van der Waals surface area contributed by atoms with Gasteiger partial charge < -0.3 is 14.5 Å². The minimum Gasteiger partial charge on any atom is -0.457 e. The Labute approximate surface area is 187 Å². The van der Waals surface area contributed by atoms with Crippen LogP contribution in [0.15, 0.2) is 70.1 Å². The second kappa shape index (κ2) is 9.07. The number of carbonyl (C=O) groups excluding carboxylic acids is 2. The van der Waals surface area contributed by atoms with Crippen molar-refractivity contribution in [1.82, 2.24) is 9.78 Å². The zero-order chi connectivity index (χ0) is 22.7. The standard InChI is InChI=1S/C23H18ClN3O5/c1-14(28)26-18-6-7-19-16(8-22(29)32-21(19)9-18)13-31-23(30)17-10-25-27(12-17)11-15-4-2-3-5-20(15)24/h2-10,12H,11,13H2,1H3,(H,26,28). The summed E-state index contributed by atoms with van der Waals surface area (Å²) < 4.78 is 12.2. The predicted molar refractivity (Wildman–Crippen MR) is 119 cm³/mol. The van der Waals surface area contributed by atoms with Gasteiger partial charge in [0.15, 0.2) is 0 Å². The summed E-state index contributed by atoms with van der Waals surface area (Å²) in [5.74, 6) is -0.821. The van der Waals surface area contributed by atoms with E-state index in [0.717, 1.165) is 5.56 Å². The van der Waals surface area contributed by atoms with Crippen LogP contribution in [0.3, 0.4) is 0 Å². The molecule has 0 unspecified atom stereocenters. The first kappa shape index (κ1) is 21.3. The van der Waals surface area contributed by atoms with Crippen molar-refractivity contribution in [3.63, 3.8) is 0 Å². The van der Waals surface area contributed by atoms with Crippen molar-refractivity contribution in [3.05, 3.63) is 93.1 Å². The summed E-state index contributed by atoms with van der Waals surface area (Å²) in [7, 11) is 0. The lowest BCUT2D eigenvalue weighted by atomic mass is 10.1. The van der Waals surface area contributed by atoms with Gasteiger partial charge in [-0.25, -0.2) is 9.59 Å². The third-order valence-electron chi connectivity index (χ3n) is 4.67. The van der Waals surface area contributed by atoms with Crippen molar-refractivity contribution in [2.45, 2.75) is 20.1 Å². The second-order valence-corrected chi connectivity index (χ2v) is 7.48. The number of hydrogen-bond donors (Lipinski definition) is 1. The number of benzene rings is 2. The van der Waals surface area contributed by atoms with Crippen molar-refractivity contribution in [3.8, 4) is 0 Å². The summed E-state index contributed by atoms with van der Waals surface area (Å²) in [4.78, 5) is 35.7. The molecule has 4 rings (SSSR count). The van der Waals surface area contributed by atoms with Crippen LogP contribution < -0.4 is 10.9 Å². The molecule has 1 amide bonds. The summed E-state index contributed by atoms with van der Waals surface area (Å²) in [6.07, 6.45) is 2.99. The van der Waals surface area contributed by atoms with Gasteiger partial charge in [-0.1, -0.05) is 29.8 Å². The van der Waals surface area contributed by atoms with Crippen LogP contribution in [-0.4, -0.2) is 21.7 Å². The van der Waals surface area contributed by atoms with Crippen LogP contribution in [-0.2, 0) is 22.7 Å². The van der Waals surface area contributed by atoms with E-state index in [0.29, 0.717) is 28.2 Å². The molecular weight excluding hydrogens is 434 g/mol. The van der Waals surface area contributed by atoms with Crippen molar-refractivity contribution < 1.29 is 18.7 Å². The highest BCUT2D eigenvalue weighted by Gasteiger charge is 2.14. The maximum Gasteiger partial charge on any atom is 0.341 e. The Kier molecular flexibility index (Phi) is 6.04. The Balaban J connectivity index is 1.48. The van der Waals surface area contributed by atoms with Crippen LogP contribution in [0.1, 0.15) is 28.4 Å². The largest absolute Gasteiger partial charge is 0.457 e. The van der Waals surface area contributed by atoms with E-state index in [-0.39, 0.29) is 23.7 Å². The first-order valence-electron chi connectivity index (χ1n) is 9.66. The third kappa shape index (κ3) is 4.87. The Morgan fingerprint density at radius 1 is 1.16 bits per heavy atom. The molecular formula is C23H18ClN3O5. The average molecular weight is 452 g/mol. The molecule has 32 heavy (non-hydrogen) atoms. The molecule has 0 spiro atoms. The minimum absolute atomic E-state index is 0.129. The minimum atomic E-state index is -0.587. The lowest BCUT2D eigenvalue weighted by molar-refractivity contribution is -0.114. The van der Waals surface area contributed by atoms with Gasteiger partial charge >= 0.3 is 11.6 Å². The van der Waals surface area contributed by atoms with Gasteiger partial charge in [0, 0.05) is 46.9 Å². The molecule has 0 fully saturated rings. The molecule has 1 N–H and O–H groups in total. The van der Waals surface area contributed by atoms with Gasteiger partial charge in [0.05, 0.1) is 18.3 Å². The number of nitrogens with zero attached hydrogens (tertiary/aromatic N) is 2. The molecule has 9 heteroatoms. The Hall–Kier alpha value is -3.91. The van der Waals surface area contributed by atoms with Crippen LogP contribution >= 0.6 is 11.6 Å². The van der Waals surface area contributed by atoms with Crippen LogP contribution in [0.25, 0.3) is 11.0 Å². The Bertz CT molecular complexity index is 1380. The van der Waals surface area contributed by atoms with Gasteiger partial charge in [0.1, 0.15) is 12.2 Å². The maximum atomic E-state index is 12.5. The van der Waals surface area contributed by atoms with Gasteiger partial charge in [-0.05, 0) is 23.8 Å². The molecule has 2 aromatic heterocycles. The molecule has 0 saturated carbocycles. The molecule has 0 aliphatic rings. The monoisotopic (exact) mass is 451 g/mol. The van der Waals surface area contributed by atoms with Crippen molar-refractivity contribution in [2.75, 3.05) is 5.32 Å². The highest BCUT2D eigenvalue weighted by atomic mass is 35.5. The maximum absolute atomic E-state index is 12.5. The number of nitrogens with one attached hydrogen (secondary N) is 1. The number of amides is 1. The van der Waals surface area contributed by atoms with Gasteiger partial charge in [0.25, 0.3) is 0 Å². The molecule has 2 aromatic carbocycles. The molecule has 0 bridgehead atoms. The first-order valence-corrected chi connectivity index (χ1v) is 10.0. The van der Waals surface area contributed by atoms with Crippen LogP contribution in [0.5, 0.6) is 0 Å². The van der Waals surface area contributed by atoms with E-state index >= 15 is 0 Å². The molecule has 2 heterocycles. The van der Waals surface area contributed by atoms with Crippen LogP contribution in [0.2, 0.25) is 5.02 Å². The van der Waals surface area contributed by atoms with Crippen molar-refractivity contribution in [1.29, 1.82) is 0 Å². The molecule has 0 radical (unpaired) electrons. The smallest absolute Gasteiger partial charge is 0.341 e. The first-order chi connectivity index (χ1) is 15.4. The van der Waals surface area contributed by atoms with E-state index in [1.165, 1.54) is 19.2 Å². The van der Waals surface area contributed by atoms with Crippen LogP contribution in [0.4, 0.5) is 5.69 Å². The molecule has 8 nitrogen and oxygen atoms in total. The second-order valence-electron chi connectivity index (χ2n) is 7.08. The zero-order valence-corrected chi connectivity index (χ0v) is 17.8. The normalized spacial score (nSPS) is 10.8. The molecule has 0 aliphatic heterocycles. The average Bonchev–Trinajstić information content (AvgIpc) is 3.21. The summed E-state index contributed by atoms with van der Waals surface area (Å²) in [6, 6.07) is 13.6. The number of ether oxygens (including phenoxy) is 1. The quantitative estimate of drug-likeness (QED) is 0.351. The SMILES string of the molecule is CC(=O)Nc1ccc2c(COC(=O)c3cnn(Cc4ccccc4Cl)c3)cc(=O)oc2c1. The lowest BCUT2D eigenvalue weighted by Crippen LogP contribution is -2.08. The Morgan fingerprint density at radius 2 is 1.97 bits per heavy atom. The molecule has 0 saturated heterocycles. The fourth-order valence-electron chi connectivity index (χ4n) is 3.21. The Morgan fingerprint density at radius 3 is 2.75 bits per heavy atom. The van der Waals surface area contributed by atoms with E-state index < -0.39 is 11.6 Å². The molecule has 0 atom stereocenters. The van der Waals surface area contributed by atoms with Crippen molar-refractivity contribution in [2.24, 2.45) is 0 Å². The number of carbonyl (C=O) groups is 2. The van der Waals surface area contributed by atoms with Gasteiger partial charge in [-0.2, -0.15) is 5.10 Å². The van der Waals surface area contributed by atoms with E-state index in [2.05, 4.69) is 10.4 Å². The number of hydrogen-bond acceptors (Lipinski definition) is 6. The van der Waals surface area contributed by atoms with Crippen LogP contribution in [0, 0.1) is 0 Å². The number of rotatable bonds is 6. The van der Waals surface area contributed by atoms with E-state index in [9.17, 15) is 14.4 Å². The highest BCUT2D eigenvalue weighted by Crippen LogP contribution is 2.22. The van der Waals surface area contributed by atoms with E-state index in [4.69, 9.17) is 20.8 Å². The van der Waals surface area contributed by atoms with E-state index in [1.54, 1.807) is 35.1 Å². The third-order valence-corrected chi connectivity index (χ3v) is 5.04. The zero-order valence-electron chi connectivity index (χ0n) is 17.0. The van der Waals surface area contributed by atoms with Gasteiger partial charge in [-0.3, -0.25) is 9.48 Å². The fraction of sp³-hybridized carbons (Fsp3) is 0.130. The summed E-state index contributed by atoms with van der Waals surface area (Å²) in [6.45, 7) is 1.66. The summed E-state index contributed by atoms with van der Waals surface area (Å²) in [5, 5.41) is 8.02. The van der Waals surface area contributed by atoms with Gasteiger partial charge in [0.2, 0.25) is 5.91 Å². The number of aromatic nitrogens is 2. The number of anilines is 1. The molecule has 4 aromatic rings. The highest BCUT2D eigenvalue weighted by molar-refractivity contribution is 6.31. The fourth-order valence-corrected chi connectivity index (χ4v) is 3.41. The lowest BCUT2D eigenvalue weighted by Gasteiger charge is -2.08. The summed E-state index contributed by atoms with van der Waals surface area (Å²) in [5.41, 5.74) is 1.82. The number of esters is 1.